The number of nitrogens with one attached hydrogen (secondary N) is 4. The Kier molecular flexibility index (Phi) is 6.31. The number of amides is 2. The van der Waals surface area contributed by atoms with Crippen LogP contribution in [0.25, 0.3) is 11.1 Å². The maximum absolute atomic E-state index is 13.3. The Balaban J connectivity index is 1.49. The lowest BCUT2D eigenvalue weighted by molar-refractivity contribution is 0.250. The van der Waals surface area contributed by atoms with E-state index in [1.807, 2.05) is 36.4 Å². The molecule has 0 radical (unpaired) electrons. The molecule has 0 spiro atoms. The number of benzene rings is 3. The van der Waals surface area contributed by atoms with Crippen LogP contribution in [0.4, 0.5) is 10.5 Å². The second kappa shape index (κ2) is 9.30. The highest BCUT2D eigenvalue weighted by molar-refractivity contribution is 7.91. The van der Waals surface area contributed by atoms with Crippen LogP contribution in [0.2, 0.25) is 0 Å². The summed E-state index contributed by atoms with van der Waals surface area (Å²) in [5.74, 6) is 0.336. The summed E-state index contributed by atoms with van der Waals surface area (Å²) in [6.45, 7) is 2.16. The second-order valence-electron chi connectivity index (χ2n) is 7.35. The first-order valence-corrected chi connectivity index (χ1v) is 11.5. The monoisotopic (exact) mass is 436 g/mol. The molecular weight excluding hydrogens is 412 g/mol. The molecule has 8 heteroatoms. The average Bonchev–Trinajstić information content (AvgIpc) is 3.32. The number of carbonyl (C=O) groups excluding carboxylic acids is 1. The van der Waals surface area contributed by atoms with Crippen molar-refractivity contribution in [1.29, 1.82) is 0 Å². The van der Waals surface area contributed by atoms with Crippen molar-refractivity contribution in [3.8, 4) is 11.1 Å². The summed E-state index contributed by atoms with van der Waals surface area (Å²) in [7, 11) is -3.73. The van der Waals surface area contributed by atoms with E-state index in [-0.39, 0.29) is 15.8 Å². The molecule has 7 nitrogen and oxygen atoms in total. The molecule has 1 aliphatic heterocycles. The Morgan fingerprint density at radius 1 is 0.871 bits per heavy atom. The SMILES string of the molecule is O=C(NCC1CNNC1)Nc1ccc(S(=O)(=O)c2ccccc2-c2ccccc2)cc1. The molecule has 1 aliphatic rings. The van der Waals surface area contributed by atoms with E-state index in [1.54, 1.807) is 30.3 Å². The zero-order valence-electron chi connectivity index (χ0n) is 16.8. The first kappa shape index (κ1) is 21.0. The number of rotatable bonds is 6. The Labute approximate surface area is 181 Å². The van der Waals surface area contributed by atoms with Crippen LogP contribution < -0.4 is 21.5 Å². The van der Waals surface area contributed by atoms with E-state index < -0.39 is 9.84 Å². The van der Waals surface area contributed by atoms with Gasteiger partial charge in [0, 0.05) is 36.8 Å². The maximum Gasteiger partial charge on any atom is 0.319 e. The summed E-state index contributed by atoms with van der Waals surface area (Å²) in [5.41, 5.74) is 8.04. The first-order chi connectivity index (χ1) is 15.0. The van der Waals surface area contributed by atoms with Crippen LogP contribution in [-0.4, -0.2) is 34.1 Å². The highest BCUT2D eigenvalue weighted by atomic mass is 32.2. The van der Waals surface area contributed by atoms with Crippen LogP contribution in [-0.2, 0) is 9.84 Å². The minimum absolute atomic E-state index is 0.171. The fraction of sp³-hybridized carbons (Fsp3) is 0.174. The normalized spacial score (nSPS) is 14.3. The zero-order chi connectivity index (χ0) is 21.7. The van der Waals surface area contributed by atoms with E-state index in [0.717, 1.165) is 18.7 Å². The molecule has 160 valence electrons. The summed E-state index contributed by atoms with van der Waals surface area (Å²) in [5, 5.41) is 5.56. The Bertz CT molecular complexity index is 1140. The van der Waals surface area contributed by atoms with Crippen LogP contribution in [0.1, 0.15) is 0 Å². The Morgan fingerprint density at radius 2 is 1.52 bits per heavy atom. The van der Waals surface area contributed by atoms with Crippen molar-refractivity contribution >= 4 is 21.6 Å². The van der Waals surface area contributed by atoms with Gasteiger partial charge in [-0.15, -0.1) is 0 Å². The van der Waals surface area contributed by atoms with Gasteiger partial charge in [0.05, 0.1) is 9.79 Å². The molecule has 0 bridgehead atoms. The summed E-state index contributed by atoms with van der Waals surface area (Å²) < 4.78 is 26.6. The molecule has 2 amide bonds. The highest BCUT2D eigenvalue weighted by Crippen LogP contribution is 2.31. The lowest BCUT2D eigenvalue weighted by Crippen LogP contribution is -2.34. The molecule has 0 unspecified atom stereocenters. The van der Waals surface area contributed by atoms with Crippen LogP contribution in [0.5, 0.6) is 0 Å². The van der Waals surface area contributed by atoms with Crippen LogP contribution in [0, 0.1) is 5.92 Å². The van der Waals surface area contributed by atoms with Crippen molar-refractivity contribution in [3.63, 3.8) is 0 Å². The van der Waals surface area contributed by atoms with Crippen molar-refractivity contribution < 1.29 is 13.2 Å². The molecular formula is C23H24N4O3S. The predicted molar refractivity (Wildman–Crippen MR) is 120 cm³/mol. The van der Waals surface area contributed by atoms with Gasteiger partial charge in [-0.05, 0) is 35.9 Å². The number of sulfone groups is 1. The summed E-state index contributed by atoms with van der Waals surface area (Å²) in [4.78, 5) is 12.5. The van der Waals surface area contributed by atoms with E-state index >= 15 is 0 Å². The number of carbonyl (C=O) groups is 1. The molecule has 31 heavy (non-hydrogen) atoms. The fourth-order valence-corrected chi connectivity index (χ4v) is 4.94. The molecule has 1 saturated heterocycles. The Morgan fingerprint density at radius 3 is 2.23 bits per heavy atom. The third kappa shape index (κ3) is 4.93. The fourth-order valence-electron chi connectivity index (χ4n) is 3.46. The largest absolute Gasteiger partial charge is 0.337 e. The van der Waals surface area contributed by atoms with Gasteiger partial charge in [0.25, 0.3) is 0 Å². The van der Waals surface area contributed by atoms with Crippen LogP contribution in [0.3, 0.4) is 0 Å². The molecule has 4 N–H and O–H groups in total. The summed E-state index contributed by atoms with van der Waals surface area (Å²) >= 11 is 0. The summed E-state index contributed by atoms with van der Waals surface area (Å²) in [6.07, 6.45) is 0. The van der Waals surface area contributed by atoms with Gasteiger partial charge in [-0.2, -0.15) is 0 Å². The smallest absolute Gasteiger partial charge is 0.319 e. The number of hydrogen-bond donors (Lipinski definition) is 4. The van der Waals surface area contributed by atoms with Gasteiger partial charge in [0.1, 0.15) is 0 Å². The Hall–Kier alpha value is -3.20. The van der Waals surface area contributed by atoms with E-state index in [2.05, 4.69) is 21.5 Å². The van der Waals surface area contributed by atoms with E-state index in [4.69, 9.17) is 0 Å². The van der Waals surface area contributed by atoms with Crippen molar-refractivity contribution in [2.45, 2.75) is 9.79 Å². The maximum atomic E-state index is 13.3. The van der Waals surface area contributed by atoms with E-state index in [9.17, 15) is 13.2 Å². The zero-order valence-corrected chi connectivity index (χ0v) is 17.7. The second-order valence-corrected chi connectivity index (χ2v) is 9.27. The van der Waals surface area contributed by atoms with Crippen LogP contribution >= 0.6 is 0 Å². The lowest BCUT2D eigenvalue weighted by Gasteiger charge is -2.13. The van der Waals surface area contributed by atoms with Gasteiger partial charge >= 0.3 is 6.03 Å². The van der Waals surface area contributed by atoms with Gasteiger partial charge in [0.2, 0.25) is 9.84 Å². The third-order valence-electron chi connectivity index (χ3n) is 5.14. The molecule has 3 aromatic rings. The number of hydrogen-bond acceptors (Lipinski definition) is 5. The molecule has 0 atom stereocenters. The van der Waals surface area contributed by atoms with Gasteiger partial charge in [-0.1, -0.05) is 48.5 Å². The number of anilines is 1. The van der Waals surface area contributed by atoms with Crippen molar-refractivity contribution in [3.05, 3.63) is 78.9 Å². The molecule has 1 fully saturated rings. The molecule has 3 aromatic carbocycles. The van der Waals surface area contributed by atoms with Gasteiger partial charge in [0.15, 0.2) is 0 Å². The van der Waals surface area contributed by atoms with Crippen molar-refractivity contribution in [2.24, 2.45) is 5.92 Å². The van der Waals surface area contributed by atoms with E-state index in [0.29, 0.717) is 23.7 Å². The summed E-state index contributed by atoms with van der Waals surface area (Å²) in [6, 6.07) is 22.3. The first-order valence-electron chi connectivity index (χ1n) is 10.0. The van der Waals surface area contributed by atoms with Crippen molar-refractivity contribution in [1.82, 2.24) is 16.2 Å². The number of hydrazine groups is 1. The minimum Gasteiger partial charge on any atom is -0.337 e. The topological polar surface area (TPSA) is 99.3 Å². The average molecular weight is 437 g/mol. The third-order valence-corrected chi connectivity index (χ3v) is 6.97. The quantitative estimate of drug-likeness (QED) is 0.476. The van der Waals surface area contributed by atoms with E-state index in [1.165, 1.54) is 12.1 Å². The number of urea groups is 1. The van der Waals surface area contributed by atoms with Gasteiger partial charge in [-0.3, -0.25) is 10.9 Å². The standard InChI is InChI=1S/C23H24N4O3S/c28-23(24-14-17-15-25-26-16-17)27-19-10-12-20(13-11-19)31(29,30)22-9-5-4-8-21(22)18-6-2-1-3-7-18/h1-13,17,25-26H,14-16H2,(H2,24,27,28). The van der Waals surface area contributed by atoms with Gasteiger partial charge in [-0.25, -0.2) is 13.2 Å². The van der Waals surface area contributed by atoms with Gasteiger partial charge < -0.3 is 10.6 Å². The van der Waals surface area contributed by atoms with Crippen LogP contribution in [0.15, 0.2) is 88.7 Å². The van der Waals surface area contributed by atoms with Crippen molar-refractivity contribution in [2.75, 3.05) is 25.0 Å². The minimum atomic E-state index is -3.73. The predicted octanol–water partition coefficient (Wildman–Crippen LogP) is 3.03. The molecule has 0 aromatic heterocycles. The molecule has 1 heterocycles. The highest BCUT2D eigenvalue weighted by Gasteiger charge is 2.22. The molecule has 0 aliphatic carbocycles. The molecule has 4 rings (SSSR count). The lowest BCUT2D eigenvalue weighted by atomic mass is 10.1. The molecule has 0 saturated carbocycles.